The largest absolute Gasteiger partial charge is 0.494 e. The van der Waals surface area contributed by atoms with Crippen LogP contribution in [0.25, 0.3) is 22.6 Å². The lowest BCUT2D eigenvalue weighted by atomic mass is 10.0. The third-order valence-electron chi connectivity index (χ3n) is 5.50. The third kappa shape index (κ3) is 6.46. The fourth-order valence-corrected chi connectivity index (χ4v) is 3.86. The first-order chi connectivity index (χ1) is 16.5. The lowest BCUT2D eigenvalue weighted by Gasteiger charge is -2.14. The van der Waals surface area contributed by atoms with E-state index < -0.39 is 0 Å². The van der Waals surface area contributed by atoms with Crippen molar-refractivity contribution in [3.8, 4) is 28.4 Å². The van der Waals surface area contributed by atoms with E-state index in [1.807, 2.05) is 53.1 Å². The van der Waals surface area contributed by atoms with Crippen molar-refractivity contribution < 1.29 is 14.0 Å². The standard InChI is InChI=1S/C21H26ClN5O2.C4H8O/c1-12-19(18-13(2)27-29-14(18)3)25-21(26-20(12)24-5)16-11-15(7-8-17(16)22)28-10-6-9-23-4;1-2-4-5-3-1/h7-8,11,23H,6,9-10H2,1-5H3,(H,24,25,26);1-4H2. The summed E-state index contributed by atoms with van der Waals surface area (Å²) in [4.78, 5) is 9.51. The first kappa shape index (κ1) is 25.9. The van der Waals surface area contributed by atoms with E-state index in [1.54, 1.807) is 0 Å². The molecule has 34 heavy (non-hydrogen) atoms. The monoisotopic (exact) mass is 487 g/mol. The maximum atomic E-state index is 6.49. The molecule has 1 fully saturated rings. The smallest absolute Gasteiger partial charge is 0.163 e. The SMILES string of the molecule is C1CCOC1.CNCCCOc1ccc(Cl)c(-c2nc(NC)c(C)c(-c3c(C)noc3C)n2)c1. The topological polar surface area (TPSA) is 94.3 Å². The zero-order valence-corrected chi connectivity index (χ0v) is 21.4. The normalized spacial score (nSPS) is 12.9. The van der Waals surface area contributed by atoms with Crippen molar-refractivity contribution in [2.24, 2.45) is 0 Å². The highest BCUT2D eigenvalue weighted by Gasteiger charge is 2.20. The predicted molar refractivity (Wildman–Crippen MR) is 136 cm³/mol. The minimum absolute atomic E-state index is 0.514. The lowest BCUT2D eigenvalue weighted by molar-refractivity contribution is 0.198. The van der Waals surface area contributed by atoms with Crippen LogP contribution in [0.3, 0.4) is 0 Å². The van der Waals surface area contributed by atoms with Crippen molar-refractivity contribution in [1.82, 2.24) is 20.4 Å². The van der Waals surface area contributed by atoms with E-state index in [2.05, 4.69) is 20.8 Å². The molecular weight excluding hydrogens is 454 g/mol. The molecule has 0 saturated carbocycles. The number of benzene rings is 1. The van der Waals surface area contributed by atoms with Crippen LogP contribution in [0.15, 0.2) is 22.7 Å². The molecule has 184 valence electrons. The average Bonchev–Trinajstić information content (AvgIpc) is 3.52. The molecule has 2 N–H and O–H groups in total. The molecule has 1 aliphatic rings. The quantitative estimate of drug-likeness (QED) is 0.418. The fraction of sp³-hybridized carbons (Fsp3) is 0.480. The Balaban J connectivity index is 0.000000574. The number of aryl methyl sites for hydroxylation is 2. The molecule has 2 aromatic heterocycles. The average molecular weight is 488 g/mol. The Bertz CT molecular complexity index is 1060. The number of rotatable bonds is 8. The van der Waals surface area contributed by atoms with Gasteiger partial charge in [0, 0.05) is 31.4 Å². The molecule has 4 rings (SSSR count). The molecule has 1 aromatic carbocycles. The highest BCUT2D eigenvalue weighted by Crippen LogP contribution is 2.35. The highest BCUT2D eigenvalue weighted by molar-refractivity contribution is 6.33. The van der Waals surface area contributed by atoms with Crippen LogP contribution >= 0.6 is 11.6 Å². The summed E-state index contributed by atoms with van der Waals surface area (Å²) in [5.41, 5.74) is 4.05. The fourth-order valence-electron chi connectivity index (χ4n) is 3.66. The highest BCUT2D eigenvalue weighted by atomic mass is 35.5. The Kier molecular flexibility index (Phi) is 9.68. The summed E-state index contributed by atoms with van der Waals surface area (Å²) in [7, 11) is 3.75. The molecule has 0 unspecified atom stereocenters. The van der Waals surface area contributed by atoms with Crippen molar-refractivity contribution in [3.05, 3.63) is 40.2 Å². The van der Waals surface area contributed by atoms with Crippen LogP contribution < -0.4 is 15.4 Å². The van der Waals surface area contributed by atoms with E-state index in [0.717, 1.165) is 60.3 Å². The van der Waals surface area contributed by atoms with Crippen LogP contribution in [0.2, 0.25) is 5.02 Å². The number of aromatic nitrogens is 3. The van der Waals surface area contributed by atoms with E-state index in [9.17, 15) is 0 Å². The van der Waals surface area contributed by atoms with Gasteiger partial charge in [-0.05, 0) is 71.8 Å². The zero-order chi connectivity index (χ0) is 24.5. The molecule has 0 bridgehead atoms. The van der Waals surface area contributed by atoms with Gasteiger partial charge in [-0.3, -0.25) is 0 Å². The first-order valence-electron chi connectivity index (χ1n) is 11.6. The Morgan fingerprint density at radius 1 is 1.09 bits per heavy atom. The van der Waals surface area contributed by atoms with E-state index in [4.69, 9.17) is 30.6 Å². The second kappa shape index (κ2) is 12.7. The van der Waals surface area contributed by atoms with Crippen molar-refractivity contribution in [3.63, 3.8) is 0 Å². The van der Waals surface area contributed by atoms with Gasteiger partial charge in [-0.15, -0.1) is 0 Å². The van der Waals surface area contributed by atoms with Crippen LogP contribution in [0.5, 0.6) is 5.75 Å². The van der Waals surface area contributed by atoms with Crippen LogP contribution in [0, 0.1) is 20.8 Å². The van der Waals surface area contributed by atoms with Gasteiger partial charge in [0.25, 0.3) is 0 Å². The second-order valence-corrected chi connectivity index (χ2v) is 8.49. The summed E-state index contributed by atoms with van der Waals surface area (Å²) in [6.45, 7) is 9.26. The van der Waals surface area contributed by atoms with Gasteiger partial charge in [-0.2, -0.15) is 0 Å². The molecule has 3 aromatic rings. The van der Waals surface area contributed by atoms with Gasteiger partial charge in [0.05, 0.1) is 28.6 Å². The molecule has 1 aliphatic heterocycles. The predicted octanol–water partition coefficient (Wildman–Crippen LogP) is 5.20. The molecule has 1 saturated heterocycles. The zero-order valence-electron chi connectivity index (χ0n) is 20.6. The van der Waals surface area contributed by atoms with Gasteiger partial charge < -0.3 is 24.6 Å². The summed E-state index contributed by atoms with van der Waals surface area (Å²) >= 11 is 6.49. The summed E-state index contributed by atoms with van der Waals surface area (Å²) in [5, 5.41) is 10.9. The van der Waals surface area contributed by atoms with Crippen molar-refractivity contribution >= 4 is 17.4 Å². The minimum atomic E-state index is 0.514. The van der Waals surface area contributed by atoms with Crippen LogP contribution in [-0.4, -0.2) is 55.6 Å². The lowest BCUT2D eigenvalue weighted by Crippen LogP contribution is -2.11. The minimum Gasteiger partial charge on any atom is -0.494 e. The molecule has 8 nitrogen and oxygen atoms in total. The van der Waals surface area contributed by atoms with Gasteiger partial charge in [-0.25, -0.2) is 9.97 Å². The molecule has 0 aliphatic carbocycles. The number of nitrogens with zero attached hydrogens (tertiary/aromatic N) is 3. The van der Waals surface area contributed by atoms with Gasteiger partial charge in [0.1, 0.15) is 17.3 Å². The first-order valence-corrected chi connectivity index (χ1v) is 12.0. The summed E-state index contributed by atoms with van der Waals surface area (Å²) in [5.74, 6) is 2.68. The Morgan fingerprint density at radius 2 is 1.85 bits per heavy atom. The van der Waals surface area contributed by atoms with Crippen LogP contribution in [0.1, 0.15) is 36.3 Å². The molecule has 0 spiro atoms. The van der Waals surface area contributed by atoms with Gasteiger partial charge in [-0.1, -0.05) is 16.8 Å². The molecule has 3 heterocycles. The Morgan fingerprint density at radius 3 is 2.44 bits per heavy atom. The van der Waals surface area contributed by atoms with Gasteiger partial charge in [0.15, 0.2) is 5.82 Å². The van der Waals surface area contributed by atoms with Crippen molar-refractivity contribution in [2.45, 2.75) is 40.0 Å². The molecular formula is C25H34ClN5O3. The summed E-state index contributed by atoms with van der Waals surface area (Å²) in [6.07, 6.45) is 3.47. The summed E-state index contributed by atoms with van der Waals surface area (Å²) in [6, 6.07) is 5.54. The number of hydrogen-bond acceptors (Lipinski definition) is 8. The maximum Gasteiger partial charge on any atom is 0.163 e. The van der Waals surface area contributed by atoms with E-state index in [1.165, 1.54) is 12.8 Å². The third-order valence-corrected chi connectivity index (χ3v) is 5.83. The molecule has 0 amide bonds. The molecule has 0 atom stereocenters. The van der Waals surface area contributed by atoms with Gasteiger partial charge >= 0.3 is 0 Å². The van der Waals surface area contributed by atoms with Crippen molar-refractivity contribution in [2.75, 3.05) is 45.8 Å². The van der Waals surface area contributed by atoms with Crippen LogP contribution in [0.4, 0.5) is 5.82 Å². The number of hydrogen-bond donors (Lipinski definition) is 2. The van der Waals surface area contributed by atoms with E-state index in [-0.39, 0.29) is 0 Å². The number of nitrogens with one attached hydrogen (secondary N) is 2. The van der Waals surface area contributed by atoms with Crippen molar-refractivity contribution in [1.29, 1.82) is 0 Å². The number of anilines is 1. The van der Waals surface area contributed by atoms with Crippen LogP contribution in [-0.2, 0) is 4.74 Å². The second-order valence-electron chi connectivity index (χ2n) is 8.09. The number of halogens is 1. The Labute approximate surface area is 206 Å². The molecule has 0 radical (unpaired) electrons. The Hall–Kier alpha value is -2.68. The van der Waals surface area contributed by atoms with E-state index in [0.29, 0.717) is 28.8 Å². The summed E-state index contributed by atoms with van der Waals surface area (Å²) < 4.78 is 16.1. The molecule has 9 heteroatoms. The number of ether oxygens (including phenoxy) is 2. The van der Waals surface area contributed by atoms with E-state index >= 15 is 0 Å². The van der Waals surface area contributed by atoms with Gasteiger partial charge in [0.2, 0.25) is 0 Å². The maximum absolute atomic E-state index is 6.49.